The van der Waals surface area contributed by atoms with Crippen molar-refractivity contribution in [1.82, 2.24) is 0 Å². The van der Waals surface area contributed by atoms with E-state index in [9.17, 15) is 9.90 Å². The van der Waals surface area contributed by atoms with Crippen LogP contribution in [-0.4, -0.2) is 16.7 Å². The molecule has 0 amide bonds. The van der Waals surface area contributed by atoms with E-state index < -0.39 is 5.60 Å². The summed E-state index contributed by atoms with van der Waals surface area (Å²) in [5.74, 6) is 0.126. The molecule has 0 atom stereocenters. The van der Waals surface area contributed by atoms with E-state index in [0.717, 1.165) is 54.4 Å². The standard InChI is InChI=1S/C23H25ClO3/c1-16-6-11-22(27-17(2)25)20(14-16)21(18-7-9-19(24)10-8-18)15-23(26)12-4-3-5-13-23/h6-11,14-15,26H,3-5,12-13H2,1-2H3/b21-15-. The van der Waals surface area contributed by atoms with E-state index in [-0.39, 0.29) is 5.97 Å². The van der Waals surface area contributed by atoms with Gasteiger partial charge < -0.3 is 9.84 Å². The molecule has 0 aromatic heterocycles. The lowest BCUT2D eigenvalue weighted by Crippen LogP contribution is -2.29. The van der Waals surface area contributed by atoms with Crippen molar-refractivity contribution < 1.29 is 14.6 Å². The van der Waals surface area contributed by atoms with Gasteiger partial charge in [0.05, 0.1) is 5.60 Å². The Kier molecular flexibility index (Phi) is 6.03. The van der Waals surface area contributed by atoms with Crippen molar-refractivity contribution in [2.24, 2.45) is 0 Å². The van der Waals surface area contributed by atoms with Crippen LogP contribution < -0.4 is 4.74 Å². The van der Waals surface area contributed by atoms with Gasteiger partial charge in [0.15, 0.2) is 0 Å². The van der Waals surface area contributed by atoms with E-state index in [1.54, 1.807) is 6.07 Å². The maximum absolute atomic E-state index is 11.6. The Labute approximate surface area is 165 Å². The summed E-state index contributed by atoms with van der Waals surface area (Å²) in [5.41, 5.74) is 2.78. The maximum Gasteiger partial charge on any atom is 0.308 e. The Bertz CT molecular complexity index is 846. The lowest BCUT2D eigenvalue weighted by Gasteiger charge is -2.30. The van der Waals surface area contributed by atoms with Crippen LogP contribution in [0.1, 0.15) is 55.7 Å². The van der Waals surface area contributed by atoms with E-state index >= 15 is 0 Å². The van der Waals surface area contributed by atoms with Crippen LogP contribution in [0.4, 0.5) is 0 Å². The molecule has 0 radical (unpaired) electrons. The molecule has 0 aliphatic heterocycles. The van der Waals surface area contributed by atoms with Gasteiger partial charge in [-0.1, -0.05) is 54.6 Å². The fourth-order valence-corrected chi connectivity index (χ4v) is 3.75. The van der Waals surface area contributed by atoms with Crippen LogP contribution in [0.5, 0.6) is 5.75 Å². The van der Waals surface area contributed by atoms with Gasteiger partial charge in [-0.05, 0) is 61.2 Å². The highest BCUT2D eigenvalue weighted by Gasteiger charge is 2.28. The number of halogens is 1. The van der Waals surface area contributed by atoms with Crippen LogP contribution in [0, 0.1) is 6.92 Å². The van der Waals surface area contributed by atoms with Gasteiger partial charge in [0.1, 0.15) is 5.75 Å². The van der Waals surface area contributed by atoms with E-state index in [1.807, 2.05) is 49.4 Å². The summed E-state index contributed by atoms with van der Waals surface area (Å²) < 4.78 is 5.46. The number of esters is 1. The Hall–Kier alpha value is -2.10. The smallest absolute Gasteiger partial charge is 0.308 e. The first-order valence-electron chi connectivity index (χ1n) is 9.37. The zero-order chi connectivity index (χ0) is 19.4. The molecule has 1 saturated carbocycles. The number of carbonyl (C=O) groups is 1. The second kappa shape index (κ2) is 8.28. The molecular formula is C23H25ClO3. The van der Waals surface area contributed by atoms with Gasteiger partial charge in [0.25, 0.3) is 0 Å². The first kappa shape index (κ1) is 19.7. The normalized spacial score (nSPS) is 16.8. The number of carbonyl (C=O) groups excluding carboxylic acids is 1. The number of rotatable bonds is 4. The molecule has 0 spiro atoms. The highest BCUT2D eigenvalue weighted by Crippen LogP contribution is 2.38. The largest absolute Gasteiger partial charge is 0.426 e. The Morgan fingerprint density at radius 1 is 1.11 bits per heavy atom. The molecule has 1 aliphatic carbocycles. The number of hydrogen-bond acceptors (Lipinski definition) is 3. The van der Waals surface area contributed by atoms with Crippen molar-refractivity contribution in [1.29, 1.82) is 0 Å². The van der Waals surface area contributed by atoms with Crippen LogP contribution in [0.2, 0.25) is 5.02 Å². The van der Waals surface area contributed by atoms with E-state index in [2.05, 4.69) is 0 Å². The van der Waals surface area contributed by atoms with E-state index in [1.165, 1.54) is 6.92 Å². The van der Waals surface area contributed by atoms with Crippen LogP contribution in [0.3, 0.4) is 0 Å². The molecule has 0 bridgehead atoms. The third-order valence-electron chi connectivity index (χ3n) is 4.97. The van der Waals surface area contributed by atoms with Crippen molar-refractivity contribution in [2.45, 2.75) is 51.6 Å². The lowest BCUT2D eigenvalue weighted by atomic mass is 9.81. The average Bonchev–Trinajstić information content (AvgIpc) is 2.62. The van der Waals surface area contributed by atoms with E-state index in [0.29, 0.717) is 10.8 Å². The summed E-state index contributed by atoms with van der Waals surface area (Å²) in [7, 11) is 0. The quantitative estimate of drug-likeness (QED) is 0.543. The van der Waals surface area contributed by atoms with Crippen LogP contribution in [0.25, 0.3) is 5.57 Å². The fraction of sp³-hybridized carbons (Fsp3) is 0.348. The van der Waals surface area contributed by atoms with Gasteiger partial charge in [0, 0.05) is 17.5 Å². The van der Waals surface area contributed by atoms with Crippen LogP contribution in [-0.2, 0) is 4.79 Å². The third kappa shape index (κ3) is 5.00. The summed E-state index contributed by atoms with van der Waals surface area (Å²) >= 11 is 6.07. The third-order valence-corrected chi connectivity index (χ3v) is 5.22. The molecule has 3 nitrogen and oxygen atoms in total. The summed E-state index contributed by atoms with van der Waals surface area (Å²) in [6.45, 7) is 3.39. The molecule has 2 aromatic carbocycles. The molecule has 142 valence electrons. The fourth-order valence-electron chi connectivity index (χ4n) is 3.62. The molecule has 3 rings (SSSR count). The SMILES string of the molecule is CC(=O)Oc1ccc(C)cc1/C(=C\C1(O)CCCCC1)c1ccc(Cl)cc1. The molecule has 1 N–H and O–H groups in total. The second-order valence-electron chi connectivity index (χ2n) is 7.32. The molecule has 0 unspecified atom stereocenters. The minimum atomic E-state index is -0.857. The summed E-state index contributed by atoms with van der Waals surface area (Å²) in [6.07, 6.45) is 6.57. The van der Waals surface area contributed by atoms with Crippen molar-refractivity contribution in [3.8, 4) is 5.75 Å². The second-order valence-corrected chi connectivity index (χ2v) is 7.76. The lowest BCUT2D eigenvalue weighted by molar-refractivity contribution is -0.131. The zero-order valence-corrected chi connectivity index (χ0v) is 16.6. The molecular weight excluding hydrogens is 360 g/mol. The Morgan fingerprint density at radius 3 is 2.41 bits per heavy atom. The molecule has 0 saturated heterocycles. The Morgan fingerprint density at radius 2 is 1.78 bits per heavy atom. The molecule has 1 fully saturated rings. The Balaban J connectivity index is 2.17. The molecule has 1 aliphatic rings. The summed E-state index contributed by atoms with van der Waals surface area (Å²) in [4.78, 5) is 11.6. The topological polar surface area (TPSA) is 46.5 Å². The zero-order valence-electron chi connectivity index (χ0n) is 15.8. The van der Waals surface area contributed by atoms with Gasteiger partial charge in [-0.25, -0.2) is 0 Å². The van der Waals surface area contributed by atoms with Gasteiger partial charge >= 0.3 is 5.97 Å². The van der Waals surface area contributed by atoms with E-state index in [4.69, 9.17) is 16.3 Å². The predicted molar refractivity (Wildman–Crippen MR) is 109 cm³/mol. The number of aliphatic hydroxyl groups is 1. The predicted octanol–water partition coefficient (Wildman–Crippen LogP) is 5.70. The minimum absolute atomic E-state index is 0.369. The first-order chi connectivity index (χ1) is 12.9. The number of hydrogen-bond donors (Lipinski definition) is 1. The minimum Gasteiger partial charge on any atom is -0.426 e. The number of aryl methyl sites for hydroxylation is 1. The van der Waals surface area contributed by atoms with Crippen molar-refractivity contribution in [3.05, 3.63) is 70.3 Å². The van der Waals surface area contributed by atoms with Gasteiger partial charge in [-0.3, -0.25) is 4.79 Å². The number of benzene rings is 2. The average molecular weight is 385 g/mol. The number of ether oxygens (including phenoxy) is 1. The monoisotopic (exact) mass is 384 g/mol. The van der Waals surface area contributed by atoms with Crippen LogP contribution in [0.15, 0.2) is 48.5 Å². The van der Waals surface area contributed by atoms with Crippen LogP contribution >= 0.6 is 11.6 Å². The highest BCUT2D eigenvalue weighted by atomic mass is 35.5. The van der Waals surface area contributed by atoms with Crippen molar-refractivity contribution in [2.75, 3.05) is 0 Å². The molecule has 4 heteroatoms. The highest BCUT2D eigenvalue weighted by molar-refractivity contribution is 6.30. The first-order valence-corrected chi connectivity index (χ1v) is 9.75. The van der Waals surface area contributed by atoms with Crippen molar-refractivity contribution in [3.63, 3.8) is 0 Å². The summed E-state index contributed by atoms with van der Waals surface area (Å²) in [6, 6.07) is 13.2. The van der Waals surface area contributed by atoms with Crippen molar-refractivity contribution >= 4 is 23.1 Å². The molecule has 0 heterocycles. The van der Waals surface area contributed by atoms with Gasteiger partial charge in [-0.15, -0.1) is 0 Å². The molecule has 27 heavy (non-hydrogen) atoms. The summed E-state index contributed by atoms with van der Waals surface area (Å²) in [5, 5.41) is 11.8. The van der Waals surface area contributed by atoms with Gasteiger partial charge in [-0.2, -0.15) is 0 Å². The van der Waals surface area contributed by atoms with Gasteiger partial charge in [0.2, 0.25) is 0 Å². The molecule has 2 aromatic rings. The maximum atomic E-state index is 11.6.